The number of piperidine rings is 1. The second-order valence-electron chi connectivity index (χ2n) is 5.99. The topological polar surface area (TPSA) is 75.9 Å². The number of nitrogens with zero attached hydrogens (tertiary/aromatic N) is 5. The minimum atomic E-state index is -0.0705. The number of nitrogens with one attached hydrogen (secondary N) is 1. The fraction of sp³-hybridized carbons (Fsp3) is 0.375. The minimum absolute atomic E-state index is 0.0705. The van der Waals surface area contributed by atoms with Crippen molar-refractivity contribution in [3.63, 3.8) is 0 Å². The summed E-state index contributed by atoms with van der Waals surface area (Å²) in [6.07, 6.45) is 6.93. The third-order valence-electron chi connectivity index (χ3n) is 4.25. The predicted octanol–water partition coefficient (Wildman–Crippen LogP) is 1.82. The van der Waals surface area contributed by atoms with Crippen molar-refractivity contribution in [3.8, 4) is 0 Å². The lowest BCUT2D eigenvalue weighted by Crippen LogP contribution is -2.48. The number of anilines is 1. The molecule has 24 heavy (non-hydrogen) atoms. The van der Waals surface area contributed by atoms with Crippen molar-refractivity contribution in [1.82, 2.24) is 25.1 Å². The summed E-state index contributed by atoms with van der Waals surface area (Å²) in [5.74, 6) is 0.897. The number of hydrogen-bond donors (Lipinski definition) is 1. The van der Waals surface area contributed by atoms with Crippen LogP contribution < -0.4 is 10.2 Å². The number of aryl methyl sites for hydroxylation is 1. The van der Waals surface area contributed by atoms with Gasteiger partial charge in [-0.25, -0.2) is 9.97 Å². The molecule has 1 fully saturated rings. The lowest BCUT2D eigenvalue weighted by atomic mass is 10.1. The molecule has 8 heteroatoms. The maximum atomic E-state index is 12.3. The molecule has 0 aliphatic carbocycles. The highest BCUT2D eigenvalue weighted by Crippen LogP contribution is 2.29. The van der Waals surface area contributed by atoms with Crippen LogP contribution in [0.1, 0.15) is 23.2 Å². The minimum Gasteiger partial charge on any atom is -0.353 e. The fourth-order valence-corrected chi connectivity index (χ4v) is 3.96. The second-order valence-corrected chi connectivity index (χ2v) is 6.91. The summed E-state index contributed by atoms with van der Waals surface area (Å²) in [5, 5.41) is 9.20. The molecule has 0 spiro atoms. The highest BCUT2D eigenvalue weighted by molar-refractivity contribution is 7.17. The smallest absolute Gasteiger partial charge is 0.254 e. The van der Waals surface area contributed by atoms with Gasteiger partial charge in [-0.2, -0.15) is 5.10 Å². The first-order valence-corrected chi connectivity index (χ1v) is 8.81. The molecule has 1 aliphatic rings. The molecule has 1 unspecified atom stereocenters. The van der Waals surface area contributed by atoms with Gasteiger partial charge in [-0.15, -0.1) is 11.3 Å². The van der Waals surface area contributed by atoms with Gasteiger partial charge in [-0.05, 0) is 24.3 Å². The Bertz CT molecular complexity index is 872. The molecule has 3 aromatic heterocycles. The van der Waals surface area contributed by atoms with Crippen molar-refractivity contribution in [1.29, 1.82) is 0 Å². The van der Waals surface area contributed by atoms with E-state index in [0.29, 0.717) is 5.56 Å². The summed E-state index contributed by atoms with van der Waals surface area (Å²) in [5.41, 5.74) is 1.57. The number of aromatic nitrogens is 4. The van der Waals surface area contributed by atoms with Crippen molar-refractivity contribution in [3.05, 3.63) is 35.7 Å². The maximum Gasteiger partial charge on any atom is 0.254 e. The van der Waals surface area contributed by atoms with E-state index in [1.165, 1.54) is 0 Å². The number of rotatable bonds is 3. The zero-order valence-electron chi connectivity index (χ0n) is 13.3. The van der Waals surface area contributed by atoms with Gasteiger partial charge in [0.1, 0.15) is 12.1 Å². The zero-order valence-corrected chi connectivity index (χ0v) is 14.2. The number of carbonyl (C=O) groups is 1. The number of amides is 1. The van der Waals surface area contributed by atoms with Gasteiger partial charge >= 0.3 is 0 Å². The molecule has 1 aliphatic heterocycles. The first-order chi connectivity index (χ1) is 11.7. The third kappa shape index (κ3) is 2.84. The van der Waals surface area contributed by atoms with Crippen LogP contribution in [-0.2, 0) is 7.05 Å². The van der Waals surface area contributed by atoms with Crippen molar-refractivity contribution in [2.75, 3.05) is 18.0 Å². The molecule has 0 radical (unpaired) electrons. The van der Waals surface area contributed by atoms with E-state index in [1.54, 1.807) is 41.8 Å². The molecule has 0 saturated carbocycles. The van der Waals surface area contributed by atoms with Crippen LogP contribution in [0.15, 0.2) is 30.2 Å². The standard InChI is InChI=1S/C16H18N6OS/c1-21-8-11(7-19-21)16(23)20-12-3-2-5-22(9-12)15-14-13(4-6-24-14)17-10-18-15/h4,6-8,10,12H,2-3,5,9H2,1H3,(H,20,23). The molecule has 4 rings (SSSR count). The summed E-state index contributed by atoms with van der Waals surface area (Å²) < 4.78 is 2.74. The summed E-state index contributed by atoms with van der Waals surface area (Å²) in [4.78, 5) is 23.4. The van der Waals surface area contributed by atoms with Crippen LogP contribution in [0, 0.1) is 0 Å². The van der Waals surface area contributed by atoms with E-state index >= 15 is 0 Å². The first-order valence-electron chi connectivity index (χ1n) is 7.93. The van der Waals surface area contributed by atoms with Crippen LogP contribution >= 0.6 is 11.3 Å². The molecule has 1 atom stereocenters. The Morgan fingerprint density at radius 2 is 2.33 bits per heavy atom. The zero-order chi connectivity index (χ0) is 16.5. The van der Waals surface area contributed by atoms with Gasteiger partial charge in [0.25, 0.3) is 5.91 Å². The van der Waals surface area contributed by atoms with Gasteiger partial charge in [0.15, 0.2) is 0 Å². The Morgan fingerprint density at radius 1 is 1.42 bits per heavy atom. The average Bonchev–Trinajstić information content (AvgIpc) is 3.23. The van der Waals surface area contributed by atoms with Crippen LogP contribution in [0.5, 0.6) is 0 Å². The van der Waals surface area contributed by atoms with Gasteiger partial charge in [0, 0.05) is 32.4 Å². The van der Waals surface area contributed by atoms with E-state index < -0.39 is 0 Å². The Kier molecular flexibility index (Phi) is 3.89. The molecule has 0 aromatic carbocycles. The Labute approximate surface area is 143 Å². The van der Waals surface area contributed by atoms with E-state index in [2.05, 4.69) is 25.3 Å². The van der Waals surface area contributed by atoms with Crippen LogP contribution in [0.25, 0.3) is 10.2 Å². The second kappa shape index (κ2) is 6.20. The predicted molar refractivity (Wildman–Crippen MR) is 93.3 cm³/mol. The average molecular weight is 342 g/mol. The number of carbonyl (C=O) groups excluding carboxylic acids is 1. The molecular formula is C16H18N6OS. The molecule has 124 valence electrons. The van der Waals surface area contributed by atoms with Crippen LogP contribution in [0.3, 0.4) is 0 Å². The van der Waals surface area contributed by atoms with E-state index in [4.69, 9.17) is 0 Å². The summed E-state index contributed by atoms with van der Waals surface area (Å²) in [6, 6.07) is 2.12. The van der Waals surface area contributed by atoms with Gasteiger partial charge in [-0.1, -0.05) is 0 Å². The largest absolute Gasteiger partial charge is 0.353 e. The van der Waals surface area contributed by atoms with Crippen molar-refractivity contribution in [2.24, 2.45) is 7.05 Å². The van der Waals surface area contributed by atoms with E-state index in [0.717, 1.165) is 42.0 Å². The molecule has 3 aromatic rings. The Hall–Kier alpha value is -2.48. The summed E-state index contributed by atoms with van der Waals surface area (Å²) in [6.45, 7) is 1.71. The highest BCUT2D eigenvalue weighted by atomic mass is 32.1. The number of hydrogen-bond acceptors (Lipinski definition) is 6. The summed E-state index contributed by atoms with van der Waals surface area (Å²) >= 11 is 1.66. The summed E-state index contributed by atoms with van der Waals surface area (Å²) in [7, 11) is 1.81. The SMILES string of the molecule is Cn1cc(C(=O)NC2CCCN(c3ncnc4ccsc34)C2)cn1. The molecule has 1 N–H and O–H groups in total. The number of thiophene rings is 1. The van der Waals surface area contributed by atoms with Crippen LogP contribution in [-0.4, -0.2) is 44.8 Å². The Morgan fingerprint density at radius 3 is 3.17 bits per heavy atom. The molecule has 0 bridgehead atoms. The molecule has 7 nitrogen and oxygen atoms in total. The lowest BCUT2D eigenvalue weighted by Gasteiger charge is -2.34. The number of fused-ring (bicyclic) bond motifs is 1. The first kappa shape index (κ1) is 15.1. The maximum absolute atomic E-state index is 12.3. The van der Waals surface area contributed by atoms with E-state index in [9.17, 15) is 4.79 Å². The lowest BCUT2D eigenvalue weighted by molar-refractivity contribution is 0.0933. The van der Waals surface area contributed by atoms with Gasteiger partial charge in [-0.3, -0.25) is 9.48 Å². The van der Waals surface area contributed by atoms with Gasteiger partial charge < -0.3 is 10.2 Å². The van der Waals surface area contributed by atoms with Crippen molar-refractivity contribution in [2.45, 2.75) is 18.9 Å². The van der Waals surface area contributed by atoms with Gasteiger partial charge in [0.05, 0.1) is 22.0 Å². The molecule has 1 saturated heterocycles. The molecule has 1 amide bonds. The molecule has 4 heterocycles. The normalized spacial score (nSPS) is 18.0. The highest BCUT2D eigenvalue weighted by Gasteiger charge is 2.24. The van der Waals surface area contributed by atoms with Crippen molar-refractivity contribution >= 4 is 33.3 Å². The fourth-order valence-electron chi connectivity index (χ4n) is 3.10. The Balaban J connectivity index is 1.49. The van der Waals surface area contributed by atoms with Crippen molar-refractivity contribution < 1.29 is 4.79 Å². The van der Waals surface area contributed by atoms with Gasteiger partial charge in [0.2, 0.25) is 0 Å². The van der Waals surface area contributed by atoms with Crippen LogP contribution in [0.4, 0.5) is 5.82 Å². The van der Waals surface area contributed by atoms with E-state index in [1.807, 2.05) is 11.4 Å². The third-order valence-corrected chi connectivity index (χ3v) is 5.15. The van der Waals surface area contributed by atoms with Crippen LogP contribution in [0.2, 0.25) is 0 Å². The molecular weight excluding hydrogens is 324 g/mol. The quantitative estimate of drug-likeness (QED) is 0.786. The monoisotopic (exact) mass is 342 g/mol. The van der Waals surface area contributed by atoms with E-state index in [-0.39, 0.29) is 11.9 Å².